The van der Waals surface area contributed by atoms with Crippen molar-refractivity contribution in [1.82, 2.24) is 15.2 Å². The van der Waals surface area contributed by atoms with E-state index < -0.39 is 0 Å². The SMILES string of the molecule is COc1ccc2nccc(-c3cn[nH]c3)c2c1. The molecule has 0 spiro atoms. The van der Waals surface area contributed by atoms with E-state index in [0.29, 0.717) is 0 Å². The fourth-order valence-electron chi connectivity index (χ4n) is 1.90. The topological polar surface area (TPSA) is 50.8 Å². The first kappa shape index (κ1) is 9.84. The van der Waals surface area contributed by atoms with Gasteiger partial charge in [-0.25, -0.2) is 0 Å². The molecular formula is C13H11N3O. The zero-order chi connectivity index (χ0) is 11.7. The normalized spacial score (nSPS) is 10.6. The smallest absolute Gasteiger partial charge is 0.119 e. The molecule has 0 bridgehead atoms. The molecule has 4 nitrogen and oxygen atoms in total. The molecule has 0 amide bonds. The lowest BCUT2D eigenvalue weighted by Crippen LogP contribution is -1.86. The molecule has 3 aromatic rings. The second kappa shape index (κ2) is 3.90. The van der Waals surface area contributed by atoms with E-state index in [0.717, 1.165) is 27.8 Å². The average Bonchev–Trinajstić information content (AvgIpc) is 2.91. The predicted molar refractivity (Wildman–Crippen MR) is 65.9 cm³/mol. The van der Waals surface area contributed by atoms with Gasteiger partial charge in [0.1, 0.15) is 5.75 Å². The first-order chi connectivity index (χ1) is 8.38. The van der Waals surface area contributed by atoms with Crippen LogP contribution in [0.5, 0.6) is 5.75 Å². The molecule has 0 aliphatic rings. The lowest BCUT2D eigenvalue weighted by atomic mass is 10.0. The molecule has 0 unspecified atom stereocenters. The standard InChI is InChI=1S/C13H11N3O/c1-17-10-2-3-13-12(6-10)11(4-5-14-13)9-7-15-16-8-9/h2-8H,1H3,(H,15,16). The summed E-state index contributed by atoms with van der Waals surface area (Å²) in [5.41, 5.74) is 3.10. The number of nitrogens with one attached hydrogen (secondary N) is 1. The third-order valence-electron chi connectivity index (χ3n) is 2.76. The van der Waals surface area contributed by atoms with Gasteiger partial charge in [-0.05, 0) is 29.8 Å². The Hall–Kier alpha value is -2.36. The van der Waals surface area contributed by atoms with Gasteiger partial charge in [0.2, 0.25) is 0 Å². The molecule has 0 radical (unpaired) electrons. The Morgan fingerprint density at radius 3 is 2.94 bits per heavy atom. The minimum Gasteiger partial charge on any atom is -0.497 e. The number of H-pyrrole nitrogens is 1. The van der Waals surface area contributed by atoms with Crippen molar-refractivity contribution in [2.75, 3.05) is 7.11 Å². The van der Waals surface area contributed by atoms with Crippen LogP contribution in [0, 0.1) is 0 Å². The van der Waals surface area contributed by atoms with Gasteiger partial charge in [-0.3, -0.25) is 10.1 Å². The van der Waals surface area contributed by atoms with Crippen molar-refractivity contribution in [3.8, 4) is 16.9 Å². The van der Waals surface area contributed by atoms with E-state index in [-0.39, 0.29) is 0 Å². The van der Waals surface area contributed by atoms with Gasteiger partial charge < -0.3 is 4.74 Å². The van der Waals surface area contributed by atoms with Crippen LogP contribution in [0.4, 0.5) is 0 Å². The first-order valence-corrected chi connectivity index (χ1v) is 5.30. The fourth-order valence-corrected chi connectivity index (χ4v) is 1.90. The molecule has 84 valence electrons. The van der Waals surface area contributed by atoms with E-state index in [1.165, 1.54) is 0 Å². The van der Waals surface area contributed by atoms with Crippen molar-refractivity contribution >= 4 is 10.9 Å². The maximum Gasteiger partial charge on any atom is 0.119 e. The largest absolute Gasteiger partial charge is 0.497 e. The van der Waals surface area contributed by atoms with Crippen molar-refractivity contribution in [3.05, 3.63) is 42.9 Å². The Bertz CT molecular complexity index is 647. The molecular weight excluding hydrogens is 214 g/mol. The molecule has 2 heterocycles. The van der Waals surface area contributed by atoms with Crippen molar-refractivity contribution in [1.29, 1.82) is 0 Å². The van der Waals surface area contributed by atoms with Crippen LogP contribution in [0.1, 0.15) is 0 Å². The molecule has 0 aliphatic heterocycles. The quantitative estimate of drug-likeness (QED) is 0.729. The highest BCUT2D eigenvalue weighted by Crippen LogP contribution is 2.29. The number of benzene rings is 1. The van der Waals surface area contributed by atoms with Crippen LogP contribution in [0.25, 0.3) is 22.0 Å². The van der Waals surface area contributed by atoms with E-state index in [4.69, 9.17) is 4.74 Å². The number of fused-ring (bicyclic) bond motifs is 1. The highest BCUT2D eigenvalue weighted by molar-refractivity contribution is 5.94. The highest BCUT2D eigenvalue weighted by Gasteiger charge is 2.06. The minimum absolute atomic E-state index is 0.829. The second-order valence-electron chi connectivity index (χ2n) is 3.73. The summed E-state index contributed by atoms with van der Waals surface area (Å²) in [5, 5.41) is 7.85. The van der Waals surface area contributed by atoms with E-state index >= 15 is 0 Å². The van der Waals surface area contributed by atoms with E-state index in [1.807, 2.05) is 30.5 Å². The molecule has 1 N–H and O–H groups in total. The lowest BCUT2D eigenvalue weighted by Gasteiger charge is -2.05. The van der Waals surface area contributed by atoms with Crippen molar-refractivity contribution in [2.45, 2.75) is 0 Å². The molecule has 1 aromatic carbocycles. The summed E-state index contributed by atoms with van der Waals surface area (Å²) in [6, 6.07) is 7.84. The summed E-state index contributed by atoms with van der Waals surface area (Å²) in [5.74, 6) is 0.829. The number of pyridine rings is 1. The van der Waals surface area contributed by atoms with E-state index in [1.54, 1.807) is 19.5 Å². The summed E-state index contributed by atoms with van der Waals surface area (Å²) < 4.78 is 5.24. The number of rotatable bonds is 2. The van der Waals surface area contributed by atoms with E-state index in [9.17, 15) is 0 Å². The van der Waals surface area contributed by atoms with Gasteiger partial charge in [0.05, 0.1) is 18.8 Å². The third kappa shape index (κ3) is 1.63. The van der Waals surface area contributed by atoms with Gasteiger partial charge >= 0.3 is 0 Å². The van der Waals surface area contributed by atoms with E-state index in [2.05, 4.69) is 15.2 Å². The molecule has 2 aromatic heterocycles. The molecule has 0 saturated carbocycles. The third-order valence-corrected chi connectivity index (χ3v) is 2.76. The molecule has 4 heteroatoms. The number of nitrogens with zero attached hydrogens (tertiary/aromatic N) is 2. The van der Waals surface area contributed by atoms with Crippen molar-refractivity contribution < 1.29 is 4.74 Å². The zero-order valence-electron chi connectivity index (χ0n) is 9.34. The number of ether oxygens (including phenoxy) is 1. The summed E-state index contributed by atoms with van der Waals surface area (Å²) in [4.78, 5) is 4.34. The van der Waals surface area contributed by atoms with Gasteiger partial charge in [-0.2, -0.15) is 5.10 Å². The van der Waals surface area contributed by atoms with Crippen LogP contribution in [-0.4, -0.2) is 22.3 Å². The summed E-state index contributed by atoms with van der Waals surface area (Å²) in [6.07, 6.45) is 5.47. The highest BCUT2D eigenvalue weighted by atomic mass is 16.5. The van der Waals surface area contributed by atoms with Gasteiger partial charge in [0.25, 0.3) is 0 Å². The summed E-state index contributed by atoms with van der Waals surface area (Å²) >= 11 is 0. The Morgan fingerprint density at radius 1 is 1.24 bits per heavy atom. The number of hydrogen-bond donors (Lipinski definition) is 1. The predicted octanol–water partition coefficient (Wildman–Crippen LogP) is 2.63. The van der Waals surface area contributed by atoms with Crippen LogP contribution in [0.15, 0.2) is 42.9 Å². The number of methoxy groups -OCH3 is 1. The van der Waals surface area contributed by atoms with Gasteiger partial charge in [0, 0.05) is 23.3 Å². The van der Waals surface area contributed by atoms with Crippen LogP contribution in [-0.2, 0) is 0 Å². The molecule has 0 fully saturated rings. The minimum atomic E-state index is 0.829. The van der Waals surface area contributed by atoms with Gasteiger partial charge in [-0.1, -0.05) is 0 Å². The Labute approximate surface area is 98.3 Å². The van der Waals surface area contributed by atoms with Crippen molar-refractivity contribution in [2.24, 2.45) is 0 Å². The van der Waals surface area contributed by atoms with Gasteiger partial charge in [-0.15, -0.1) is 0 Å². The molecule has 3 rings (SSSR count). The molecule has 0 aliphatic carbocycles. The average molecular weight is 225 g/mol. The molecule has 0 saturated heterocycles. The Morgan fingerprint density at radius 2 is 2.18 bits per heavy atom. The first-order valence-electron chi connectivity index (χ1n) is 5.30. The number of hydrogen-bond acceptors (Lipinski definition) is 3. The summed E-state index contributed by atoms with van der Waals surface area (Å²) in [7, 11) is 1.66. The maximum atomic E-state index is 5.24. The monoisotopic (exact) mass is 225 g/mol. The maximum absolute atomic E-state index is 5.24. The van der Waals surface area contributed by atoms with Crippen molar-refractivity contribution in [3.63, 3.8) is 0 Å². The lowest BCUT2D eigenvalue weighted by molar-refractivity contribution is 0.415. The molecule has 17 heavy (non-hydrogen) atoms. The van der Waals surface area contributed by atoms with Crippen LogP contribution in [0.2, 0.25) is 0 Å². The van der Waals surface area contributed by atoms with Gasteiger partial charge in [0.15, 0.2) is 0 Å². The fraction of sp³-hybridized carbons (Fsp3) is 0.0769. The molecule has 0 atom stereocenters. The Kier molecular flexibility index (Phi) is 2.26. The van der Waals surface area contributed by atoms with Crippen LogP contribution >= 0.6 is 0 Å². The van der Waals surface area contributed by atoms with Crippen LogP contribution in [0.3, 0.4) is 0 Å². The number of aromatic amines is 1. The number of aromatic nitrogens is 3. The second-order valence-corrected chi connectivity index (χ2v) is 3.73. The van der Waals surface area contributed by atoms with Crippen LogP contribution < -0.4 is 4.74 Å². The summed E-state index contributed by atoms with van der Waals surface area (Å²) in [6.45, 7) is 0. The zero-order valence-corrected chi connectivity index (χ0v) is 9.34. The Balaban J connectivity index is 2.30.